The van der Waals surface area contributed by atoms with Gasteiger partial charge in [0.25, 0.3) is 0 Å². The highest BCUT2D eigenvalue weighted by Crippen LogP contribution is 2.29. The molecule has 1 atom stereocenters. The predicted molar refractivity (Wildman–Crippen MR) is 80.4 cm³/mol. The molecular formula is C15H21N5O3. The zero-order chi connectivity index (χ0) is 16.4. The van der Waals surface area contributed by atoms with Crippen molar-refractivity contribution in [2.45, 2.75) is 46.2 Å². The number of nitrogens with one attached hydrogen (secondary N) is 1. The number of aromatic nitrogens is 3. The highest BCUT2D eigenvalue weighted by molar-refractivity contribution is 5.78. The average molecular weight is 319 g/mol. The molecule has 0 bridgehead atoms. The molecule has 1 aliphatic rings. The van der Waals surface area contributed by atoms with Crippen molar-refractivity contribution in [2.75, 3.05) is 13.1 Å². The van der Waals surface area contributed by atoms with E-state index in [2.05, 4.69) is 25.5 Å². The topological polar surface area (TPSA) is 97.3 Å². The van der Waals surface area contributed by atoms with Crippen LogP contribution < -0.4 is 5.32 Å². The second-order valence-electron chi connectivity index (χ2n) is 5.88. The molecule has 1 N–H and O–H groups in total. The smallest absolute Gasteiger partial charge is 0.234 e. The monoisotopic (exact) mass is 319 g/mol. The van der Waals surface area contributed by atoms with Gasteiger partial charge in [-0.05, 0) is 33.2 Å². The van der Waals surface area contributed by atoms with Crippen molar-refractivity contribution < 1.29 is 13.8 Å². The Labute approximate surface area is 134 Å². The molecule has 1 aliphatic heterocycles. The van der Waals surface area contributed by atoms with Gasteiger partial charge in [0.2, 0.25) is 11.8 Å². The number of hydrogen-bond donors (Lipinski definition) is 1. The number of aryl methyl sites for hydroxylation is 3. The van der Waals surface area contributed by atoms with Crippen molar-refractivity contribution >= 4 is 5.91 Å². The zero-order valence-corrected chi connectivity index (χ0v) is 13.6. The Kier molecular flexibility index (Phi) is 4.42. The quantitative estimate of drug-likeness (QED) is 0.890. The van der Waals surface area contributed by atoms with Gasteiger partial charge in [-0.3, -0.25) is 9.69 Å². The van der Waals surface area contributed by atoms with E-state index in [4.69, 9.17) is 9.05 Å². The predicted octanol–water partition coefficient (Wildman–Crippen LogP) is 1.44. The van der Waals surface area contributed by atoms with Crippen molar-refractivity contribution in [3.05, 3.63) is 28.7 Å². The van der Waals surface area contributed by atoms with Gasteiger partial charge in [-0.1, -0.05) is 10.3 Å². The summed E-state index contributed by atoms with van der Waals surface area (Å²) in [7, 11) is 0. The highest BCUT2D eigenvalue weighted by Gasteiger charge is 2.31. The van der Waals surface area contributed by atoms with Crippen LogP contribution in [0.4, 0.5) is 0 Å². The van der Waals surface area contributed by atoms with Crippen LogP contribution >= 0.6 is 0 Å². The Balaban J connectivity index is 1.57. The minimum Gasteiger partial charge on any atom is -0.361 e. The van der Waals surface area contributed by atoms with E-state index >= 15 is 0 Å². The molecule has 3 rings (SSSR count). The fourth-order valence-electron chi connectivity index (χ4n) is 2.94. The first-order valence-electron chi connectivity index (χ1n) is 7.77. The van der Waals surface area contributed by atoms with E-state index < -0.39 is 0 Å². The third kappa shape index (κ3) is 3.42. The highest BCUT2D eigenvalue weighted by atomic mass is 16.5. The molecule has 1 saturated heterocycles. The third-order valence-electron chi connectivity index (χ3n) is 4.20. The van der Waals surface area contributed by atoms with Crippen LogP contribution in [0.15, 0.2) is 9.05 Å². The molecule has 124 valence electrons. The molecule has 1 unspecified atom stereocenters. The van der Waals surface area contributed by atoms with Crippen LogP contribution in [0, 0.1) is 20.8 Å². The van der Waals surface area contributed by atoms with E-state index in [9.17, 15) is 4.79 Å². The van der Waals surface area contributed by atoms with Gasteiger partial charge in [0.05, 0.1) is 18.3 Å². The Morgan fingerprint density at radius 2 is 2.13 bits per heavy atom. The van der Waals surface area contributed by atoms with E-state index in [0.717, 1.165) is 36.4 Å². The molecule has 0 aliphatic carbocycles. The van der Waals surface area contributed by atoms with E-state index in [1.165, 1.54) is 0 Å². The fourth-order valence-corrected chi connectivity index (χ4v) is 2.94. The fraction of sp³-hybridized carbons (Fsp3) is 0.600. The van der Waals surface area contributed by atoms with Crippen LogP contribution in [0.25, 0.3) is 0 Å². The summed E-state index contributed by atoms with van der Waals surface area (Å²) in [5.74, 6) is 1.93. The SMILES string of the molecule is Cc1nc(C2CCCN2CC(=O)NCc2c(C)noc2C)no1. The maximum Gasteiger partial charge on any atom is 0.234 e. The molecular weight excluding hydrogens is 298 g/mol. The average Bonchev–Trinajstić information content (AvgIpc) is 3.20. The van der Waals surface area contributed by atoms with E-state index in [-0.39, 0.29) is 11.9 Å². The number of rotatable bonds is 5. The van der Waals surface area contributed by atoms with E-state index in [1.54, 1.807) is 6.92 Å². The van der Waals surface area contributed by atoms with Crippen molar-refractivity contribution in [2.24, 2.45) is 0 Å². The van der Waals surface area contributed by atoms with Crippen molar-refractivity contribution in [1.29, 1.82) is 0 Å². The first-order valence-corrected chi connectivity index (χ1v) is 7.77. The number of carbonyl (C=O) groups is 1. The lowest BCUT2D eigenvalue weighted by Gasteiger charge is -2.21. The first-order chi connectivity index (χ1) is 11.0. The second kappa shape index (κ2) is 6.49. The summed E-state index contributed by atoms with van der Waals surface area (Å²) in [5, 5.41) is 10.8. The first kappa shape index (κ1) is 15.7. The number of nitrogens with zero attached hydrogens (tertiary/aromatic N) is 4. The lowest BCUT2D eigenvalue weighted by atomic mass is 10.2. The normalized spacial score (nSPS) is 18.5. The van der Waals surface area contributed by atoms with E-state index in [0.29, 0.717) is 24.8 Å². The van der Waals surface area contributed by atoms with Gasteiger partial charge in [0, 0.05) is 19.0 Å². The summed E-state index contributed by atoms with van der Waals surface area (Å²) in [5.41, 5.74) is 1.74. The van der Waals surface area contributed by atoms with Gasteiger partial charge < -0.3 is 14.4 Å². The summed E-state index contributed by atoms with van der Waals surface area (Å²) in [6.45, 7) is 7.09. The van der Waals surface area contributed by atoms with Gasteiger partial charge in [-0.15, -0.1) is 0 Å². The Bertz CT molecular complexity index is 674. The summed E-state index contributed by atoms with van der Waals surface area (Å²) < 4.78 is 10.1. The summed E-state index contributed by atoms with van der Waals surface area (Å²) in [6.07, 6.45) is 1.96. The van der Waals surface area contributed by atoms with Gasteiger partial charge >= 0.3 is 0 Å². The summed E-state index contributed by atoms with van der Waals surface area (Å²) in [4.78, 5) is 18.6. The maximum absolute atomic E-state index is 12.2. The molecule has 0 spiro atoms. The molecule has 3 heterocycles. The number of carbonyl (C=O) groups excluding carboxylic acids is 1. The Hall–Kier alpha value is -2.22. The minimum atomic E-state index is -0.0304. The van der Waals surface area contributed by atoms with Crippen LogP contribution in [0.3, 0.4) is 0 Å². The van der Waals surface area contributed by atoms with Crippen LogP contribution in [0.2, 0.25) is 0 Å². The number of amides is 1. The summed E-state index contributed by atoms with van der Waals surface area (Å²) in [6, 6.07) is 0.0530. The molecule has 0 radical (unpaired) electrons. The number of hydrogen-bond acceptors (Lipinski definition) is 7. The van der Waals surface area contributed by atoms with Crippen LogP contribution in [-0.4, -0.2) is 39.2 Å². The lowest BCUT2D eigenvalue weighted by molar-refractivity contribution is -0.122. The Morgan fingerprint density at radius 1 is 1.30 bits per heavy atom. The molecule has 1 amide bonds. The van der Waals surface area contributed by atoms with Gasteiger partial charge in [0.1, 0.15) is 5.76 Å². The lowest BCUT2D eigenvalue weighted by Crippen LogP contribution is -2.37. The van der Waals surface area contributed by atoms with Crippen LogP contribution in [-0.2, 0) is 11.3 Å². The standard InChI is InChI=1S/C15H21N5O3/c1-9-12(10(2)22-18-9)7-16-14(21)8-20-6-4-5-13(20)15-17-11(3)23-19-15/h13H,4-8H2,1-3H3,(H,16,21). The molecule has 8 nitrogen and oxygen atoms in total. The third-order valence-corrected chi connectivity index (χ3v) is 4.20. The largest absolute Gasteiger partial charge is 0.361 e. The minimum absolute atomic E-state index is 0.0304. The molecule has 2 aromatic heterocycles. The molecule has 8 heteroatoms. The van der Waals surface area contributed by atoms with Crippen molar-refractivity contribution in [3.8, 4) is 0 Å². The van der Waals surface area contributed by atoms with Crippen molar-refractivity contribution in [1.82, 2.24) is 25.5 Å². The van der Waals surface area contributed by atoms with Gasteiger partial charge in [-0.25, -0.2) is 0 Å². The van der Waals surface area contributed by atoms with Crippen LogP contribution in [0.5, 0.6) is 0 Å². The Morgan fingerprint density at radius 3 is 2.78 bits per heavy atom. The molecule has 0 saturated carbocycles. The van der Waals surface area contributed by atoms with Gasteiger partial charge in [0.15, 0.2) is 5.82 Å². The summed E-state index contributed by atoms with van der Waals surface area (Å²) >= 11 is 0. The molecule has 2 aromatic rings. The number of likely N-dealkylation sites (tertiary alicyclic amines) is 1. The maximum atomic E-state index is 12.2. The molecule has 23 heavy (non-hydrogen) atoms. The van der Waals surface area contributed by atoms with E-state index in [1.807, 2.05) is 13.8 Å². The second-order valence-corrected chi connectivity index (χ2v) is 5.88. The van der Waals surface area contributed by atoms with Crippen LogP contribution in [0.1, 0.15) is 47.6 Å². The zero-order valence-electron chi connectivity index (χ0n) is 13.6. The van der Waals surface area contributed by atoms with Gasteiger partial charge in [-0.2, -0.15) is 4.98 Å². The van der Waals surface area contributed by atoms with Crippen molar-refractivity contribution in [3.63, 3.8) is 0 Å². The molecule has 1 fully saturated rings. The molecule has 0 aromatic carbocycles.